The molecule has 4 aromatic heterocycles. The molecular weight excluding hydrogens is 334 g/mol. The highest BCUT2D eigenvalue weighted by atomic mass is 19.3. The number of pyridine rings is 1. The lowest BCUT2D eigenvalue weighted by atomic mass is 10.2. The summed E-state index contributed by atoms with van der Waals surface area (Å²) in [5, 5.41) is 6.85. The molecule has 0 aromatic carbocycles. The number of halogens is 2. The van der Waals surface area contributed by atoms with Crippen molar-refractivity contribution in [2.24, 2.45) is 0 Å². The van der Waals surface area contributed by atoms with Gasteiger partial charge in [0.2, 0.25) is 5.89 Å². The van der Waals surface area contributed by atoms with Crippen LogP contribution in [0.25, 0.3) is 17.1 Å². The van der Waals surface area contributed by atoms with Crippen LogP contribution in [0.15, 0.2) is 47.5 Å². The van der Waals surface area contributed by atoms with E-state index in [0.717, 1.165) is 0 Å². The quantitative estimate of drug-likeness (QED) is 0.549. The monoisotopic (exact) mass is 344 g/mol. The van der Waals surface area contributed by atoms with Gasteiger partial charge in [0.15, 0.2) is 5.65 Å². The van der Waals surface area contributed by atoms with Gasteiger partial charge in [-0.05, 0) is 12.1 Å². The number of nitrogens with zero attached hydrogens (tertiary/aromatic N) is 6. The summed E-state index contributed by atoms with van der Waals surface area (Å²) in [5.41, 5.74) is 1.66. The van der Waals surface area contributed by atoms with E-state index >= 15 is 0 Å². The summed E-state index contributed by atoms with van der Waals surface area (Å²) < 4.78 is 37.2. The minimum Gasteiger partial charge on any atom is -0.469 e. The fourth-order valence-electron chi connectivity index (χ4n) is 2.15. The van der Waals surface area contributed by atoms with Crippen LogP contribution in [0, 0.1) is 0 Å². The highest BCUT2D eigenvalue weighted by molar-refractivity contribution is 5.51. The summed E-state index contributed by atoms with van der Waals surface area (Å²) in [7, 11) is 0. The molecule has 10 heteroatoms. The first kappa shape index (κ1) is 15.1. The van der Waals surface area contributed by atoms with E-state index in [4.69, 9.17) is 9.15 Å². The molecule has 0 aliphatic heterocycles. The molecule has 0 radical (unpaired) electrons. The maximum atomic E-state index is 12.5. The Morgan fingerprint density at radius 3 is 2.64 bits per heavy atom. The van der Waals surface area contributed by atoms with Gasteiger partial charge < -0.3 is 13.6 Å². The second kappa shape index (κ2) is 6.23. The highest BCUT2D eigenvalue weighted by Gasteiger charge is 2.17. The van der Waals surface area contributed by atoms with Crippen molar-refractivity contribution >= 4 is 5.65 Å². The van der Waals surface area contributed by atoms with E-state index in [0.29, 0.717) is 22.8 Å². The van der Waals surface area contributed by atoms with Crippen molar-refractivity contribution in [1.29, 1.82) is 0 Å². The van der Waals surface area contributed by atoms with Crippen LogP contribution in [0.2, 0.25) is 0 Å². The van der Waals surface area contributed by atoms with Crippen LogP contribution in [0.3, 0.4) is 0 Å². The van der Waals surface area contributed by atoms with E-state index in [1.807, 2.05) is 0 Å². The Labute approximate surface area is 139 Å². The van der Waals surface area contributed by atoms with Gasteiger partial charge in [-0.25, -0.2) is 9.97 Å². The zero-order chi connectivity index (χ0) is 17.2. The maximum absolute atomic E-state index is 12.5. The Morgan fingerprint density at radius 1 is 1.08 bits per heavy atom. The number of alkyl halides is 2. The van der Waals surface area contributed by atoms with Gasteiger partial charge in [0.25, 0.3) is 11.8 Å². The molecule has 0 aliphatic carbocycles. The van der Waals surface area contributed by atoms with Gasteiger partial charge in [0.1, 0.15) is 6.61 Å². The molecule has 0 saturated heterocycles. The summed E-state index contributed by atoms with van der Waals surface area (Å²) in [6, 6.07) is 3.31. The zero-order valence-electron chi connectivity index (χ0n) is 12.6. The Hall–Kier alpha value is -3.43. The van der Waals surface area contributed by atoms with Crippen molar-refractivity contribution in [2.75, 3.05) is 0 Å². The molecule has 8 nitrogen and oxygen atoms in total. The topological polar surface area (TPSA) is 91.2 Å². The largest absolute Gasteiger partial charge is 0.469 e. The van der Waals surface area contributed by atoms with Crippen LogP contribution in [0.4, 0.5) is 8.78 Å². The van der Waals surface area contributed by atoms with Crippen molar-refractivity contribution in [1.82, 2.24) is 29.5 Å². The first-order chi connectivity index (χ1) is 12.2. The fraction of sp³-hybridized carbons (Fsp3) is 0.133. The molecule has 126 valence electrons. The van der Waals surface area contributed by atoms with Gasteiger partial charge in [-0.2, -0.15) is 8.78 Å². The standard InChI is InChI=1S/C15H10F2N6O2/c16-11(17)14-22-21-13(25-14)9-1-2-10(20-7-9)8-24-15-12-18-3-5-23(12)6-4-19-15/h1-7,11H,8H2. The van der Waals surface area contributed by atoms with E-state index in [9.17, 15) is 8.78 Å². The number of imidazole rings is 1. The highest BCUT2D eigenvalue weighted by Crippen LogP contribution is 2.23. The van der Waals surface area contributed by atoms with Gasteiger partial charge in [-0.15, -0.1) is 10.2 Å². The number of hydrogen-bond donors (Lipinski definition) is 0. The smallest absolute Gasteiger partial charge is 0.314 e. The molecule has 0 unspecified atom stereocenters. The maximum Gasteiger partial charge on any atom is 0.314 e. The number of rotatable bonds is 5. The predicted molar refractivity (Wildman–Crippen MR) is 79.8 cm³/mol. The SMILES string of the molecule is FC(F)c1nnc(-c2ccc(COc3nccn4ccnc34)nc2)o1. The molecule has 0 fully saturated rings. The first-order valence-electron chi connectivity index (χ1n) is 7.18. The molecule has 25 heavy (non-hydrogen) atoms. The Bertz CT molecular complexity index is 999. The van der Waals surface area contributed by atoms with Gasteiger partial charge in [-0.1, -0.05) is 0 Å². The van der Waals surface area contributed by atoms with Gasteiger partial charge >= 0.3 is 6.43 Å². The van der Waals surface area contributed by atoms with Crippen molar-refractivity contribution in [3.8, 4) is 17.3 Å². The second-order valence-corrected chi connectivity index (χ2v) is 4.96. The van der Waals surface area contributed by atoms with Crippen LogP contribution < -0.4 is 4.74 Å². The van der Waals surface area contributed by atoms with E-state index in [1.54, 1.807) is 41.3 Å². The number of ether oxygens (including phenoxy) is 1. The van der Waals surface area contributed by atoms with Gasteiger partial charge in [0, 0.05) is 31.0 Å². The Kier molecular flexibility index (Phi) is 3.77. The summed E-state index contributed by atoms with van der Waals surface area (Å²) in [5.74, 6) is -0.350. The molecule has 0 saturated carbocycles. The molecule has 0 N–H and O–H groups in total. The fourth-order valence-corrected chi connectivity index (χ4v) is 2.15. The molecule has 4 aromatic rings. The van der Waals surface area contributed by atoms with Crippen molar-refractivity contribution in [3.63, 3.8) is 0 Å². The lowest BCUT2D eigenvalue weighted by Gasteiger charge is -2.06. The summed E-state index contributed by atoms with van der Waals surface area (Å²) in [6.45, 7) is 0.173. The minimum absolute atomic E-state index is 0.0147. The van der Waals surface area contributed by atoms with E-state index in [1.165, 1.54) is 6.20 Å². The third kappa shape index (κ3) is 3.01. The van der Waals surface area contributed by atoms with Crippen LogP contribution >= 0.6 is 0 Å². The third-order valence-electron chi connectivity index (χ3n) is 3.33. The molecule has 4 heterocycles. The van der Waals surface area contributed by atoms with Crippen LogP contribution in [-0.2, 0) is 6.61 Å². The van der Waals surface area contributed by atoms with E-state index < -0.39 is 12.3 Å². The van der Waals surface area contributed by atoms with Crippen LogP contribution in [0.1, 0.15) is 18.0 Å². The molecule has 0 bridgehead atoms. The molecule has 0 aliphatic rings. The summed E-state index contributed by atoms with van der Waals surface area (Å²) >= 11 is 0. The number of hydrogen-bond acceptors (Lipinski definition) is 7. The average Bonchev–Trinajstić information content (AvgIpc) is 3.30. The lowest BCUT2D eigenvalue weighted by molar-refractivity contribution is 0.116. The number of fused-ring (bicyclic) bond motifs is 1. The second-order valence-electron chi connectivity index (χ2n) is 4.96. The molecular formula is C15H10F2N6O2. The normalized spacial score (nSPS) is 11.3. The Balaban J connectivity index is 1.48. The van der Waals surface area contributed by atoms with Crippen LogP contribution in [-0.4, -0.2) is 29.5 Å². The van der Waals surface area contributed by atoms with E-state index in [-0.39, 0.29) is 12.5 Å². The summed E-state index contributed by atoms with van der Waals surface area (Å²) in [6.07, 6.45) is 5.45. The lowest BCUT2D eigenvalue weighted by Crippen LogP contribution is -2.01. The molecule has 4 rings (SSSR count). The molecule has 0 amide bonds. The molecule has 0 spiro atoms. The Morgan fingerprint density at radius 2 is 1.92 bits per heavy atom. The van der Waals surface area contributed by atoms with Crippen LogP contribution in [0.5, 0.6) is 5.88 Å². The average molecular weight is 344 g/mol. The van der Waals surface area contributed by atoms with Crippen molar-refractivity contribution in [2.45, 2.75) is 13.0 Å². The predicted octanol–water partition coefficient (Wildman–Crippen LogP) is 2.69. The number of aromatic nitrogens is 6. The zero-order valence-corrected chi connectivity index (χ0v) is 12.6. The van der Waals surface area contributed by atoms with Crippen molar-refractivity contribution in [3.05, 3.63) is 54.7 Å². The van der Waals surface area contributed by atoms with Gasteiger partial charge in [-0.3, -0.25) is 4.98 Å². The third-order valence-corrected chi connectivity index (χ3v) is 3.33. The van der Waals surface area contributed by atoms with Gasteiger partial charge in [0.05, 0.1) is 11.3 Å². The van der Waals surface area contributed by atoms with Crippen molar-refractivity contribution < 1.29 is 17.9 Å². The van der Waals surface area contributed by atoms with E-state index in [2.05, 4.69) is 25.1 Å². The first-order valence-corrected chi connectivity index (χ1v) is 7.18. The minimum atomic E-state index is -2.81. The molecule has 0 atom stereocenters. The summed E-state index contributed by atoms with van der Waals surface area (Å²) in [4.78, 5) is 12.5.